The van der Waals surface area contributed by atoms with Crippen LogP contribution in [0.5, 0.6) is 0 Å². The molecule has 3 heterocycles. The molecule has 2 aromatic rings. The van der Waals surface area contributed by atoms with Crippen LogP contribution in [0.15, 0.2) is 12.1 Å². The first-order valence-corrected chi connectivity index (χ1v) is 7.25. The van der Waals surface area contributed by atoms with E-state index in [2.05, 4.69) is 9.88 Å². The van der Waals surface area contributed by atoms with Gasteiger partial charge in [-0.2, -0.15) is 0 Å². The number of benzene rings is 1. The molecule has 1 fully saturated rings. The summed E-state index contributed by atoms with van der Waals surface area (Å²) in [7, 11) is 0. The molecule has 0 saturated carbocycles. The van der Waals surface area contributed by atoms with Crippen LogP contribution in [0.3, 0.4) is 0 Å². The molecule has 1 aromatic carbocycles. The molecule has 2 bridgehead atoms. The lowest BCUT2D eigenvalue weighted by Crippen LogP contribution is -2.33. The van der Waals surface area contributed by atoms with E-state index in [9.17, 15) is 4.39 Å². The molecule has 0 spiro atoms. The van der Waals surface area contributed by atoms with Crippen molar-refractivity contribution in [2.45, 2.75) is 32.1 Å². The number of aromatic nitrogens is 1. The molecule has 2 aliphatic rings. The van der Waals surface area contributed by atoms with Gasteiger partial charge in [0.05, 0.1) is 0 Å². The Morgan fingerprint density at radius 2 is 2.21 bits per heavy atom. The summed E-state index contributed by atoms with van der Waals surface area (Å²) in [5.41, 5.74) is 4.59. The van der Waals surface area contributed by atoms with E-state index in [0.717, 1.165) is 29.4 Å². The molecule has 1 saturated heterocycles. The molecular formula is C16H19FN2. The van der Waals surface area contributed by atoms with Crippen molar-refractivity contribution < 1.29 is 4.39 Å². The van der Waals surface area contributed by atoms with Gasteiger partial charge in [-0.05, 0) is 56.0 Å². The lowest BCUT2D eigenvalue weighted by molar-refractivity contribution is 0.217. The molecule has 100 valence electrons. The largest absolute Gasteiger partial charge is 0.358 e. The highest BCUT2D eigenvalue weighted by molar-refractivity contribution is 5.85. The number of nitrogens with one attached hydrogen (secondary N) is 1. The Hall–Kier alpha value is -1.35. The Morgan fingerprint density at radius 1 is 1.32 bits per heavy atom. The smallest absolute Gasteiger partial charge is 0.126 e. The summed E-state index contributed by atoms with van der Waals surface area (Å²) in [6, 6.07) is 3.68. The molecule has 3 heteroatoms. The highest BCUT2D eigenvalue weighted by atomic mass is 19.1. The maximum absolute atomic E-state index is 13.8. The van der Waals surface area contributed by atoms with Crippen LogP contribution in [0.25, 0.3) is 10.9 Å². The fourth-order valence-corrected chi connectivity index (χ4v) is 3.78. The normalized spacial score (nSPS) is 26.2. The lowest BCUT2D eigenvalue weighted by atomic mass is 9.93. The van der Waals surface area contributed by atoms with Gasteiger partial charge in [0.15, 0.2) is 0 Å². The molecule has 1 aromatic heterocycles. The average molecular weight is 258 g/mol. The molecule has 4 rings (SSSR count). The lowest BCUT2D eigenvalue weighted by Gasteiger charge is -2.29. The number of aryl methyl sites for hydroxylation is 1. The topological polar surface area (TPSA) is 19.0 Å². The van der Waals surface area contributed by atoms with Gasteiger partial charge >= 0.3 is 0 Å². The predicted molar refractivity (Wildman–Crippen MR) is 75.1 cm³/mol. The van der Waals surface area contributed by atoms with Gasteiger partial charge < -0.3 is 9.88 Å². The van der Waals surface area contributed by atoms with Crippen LogP contribution in [-0.4, -0.2) is 29.5 Å². The highest BCUT2D eigenvalue weighted by Gasteiger charge is 2.29. The second-order valence-corrected chi connectivity index (χ2v) is 6.05. The number of halogens is 1. The SMILES string of the molecule is Cc1cc2[nH]c3c(c2cc1F)CCN1CCCC3C1. The van der Waals surface area contributed by atoms with E-state index in [4.69, 9.17) is 0 Å². The second kappa shape index (κ2) is 4.07. The van der Waals surface area contributed by atoms with Crippen molar-refractivity contribution in [2.75, 3.05) is 19.6 Å². The maximum Gasteiger partial charge on any atom is 0.126 e. The van der Waals surface area contributed by atoms with E-state index in [1.165, 1.54) is 37.2 Å². The minimum Gasteiger partial charge on any atom is -0.358 e. The molecule has 2 aliphatic heterocycles. The van der Waals surface area contributed by atoms with Crippen molar-refractivity contribution >= 4 is 10.9 Å². The van der Waals surface area contributed by atoms with Gasteiger partial charge in [0.25, 0.3) is 0 Å². The van der Waals surface area contributed by atoms with Gasteiger partial charge in [-0.25, -0.2) is 4.39 Å². The monoisotopic (exact) mass is 258 g/mol. The number of hydrogen-bond donors (Lipinski definition) is 1. The Kier molecular flexibility index (Phi) is 2.46. The van der Waals surface area contributed by atoms with E-state index < -0.39 is 0 Å². The van der Waals surface area contributed by atoms with Gasteiger partial charge in [0.1, 0.15) is 5.82 Å². The minimum atomic E-state index is -0.0816. The number of hydrogen-bond acceptors (Lipinski definition) is 1. The van der Waals surface area contributed by atoms with Gasteiger partial charge in [-0.1, -0.05) is 0 Å². The highest BCUT2D eigenvalue weighted by Crippen LogP contribution is 2.36. The third kappa shape index (κ3) is 1.71. The van der Waals surface area contributed by atoms with Crippen molar-refractivity contribution in [3.63, 3.8) is 0 Å². The van der Waals surface area contributed by atoms with E-state index in [1.807, 2.05) is 13.0 Å². The van der Waals surface area contributed by atoms with Gasteiger partial charge in [-0.15, -0.1) is 0 Å². The van der Waals surface area contributed by atoms with Crippen molar-refractivity contribution in [1.82, 2.24) is 9.88 Å². The molecular weight excluding hydrogens is 239 g/mol. The zero-order valence-electron chi connectivity index (χ0n) is 11.3. The predicted octanol–water partition coefficient (Wildman–Crippen LogP) is 3.35. The first-order chi connectivity index (χ1) is 9.22. The Balaban J connectivity index is 1.92. The van der Waals surface area contributed by atoms with E-state index >= 15 is 0 Å². The standard InChI is InChI=1S/C16H19FN2/c1-10-7-15-13(8-14(10)17)12-4-6-19-5-2-3-11(9-19)16(12)18-15/h7-8,11,18H,2-6,9H2,1H3. The third-order valence-corrected chi connectivity index (χ3v) is 4.81. The molecule has 0 aliphatic carbocycles. The van der Waals surface area contributed by atoms with Crippen molar-refractivity contribution in [3.8, 4) is 0 Å². The van der Waals surface area contributed by atoms with Crippen molar-refractivity contribution in [3.05, 3.63) is 34.8 Å². The summed E-state index contributed by atoms with van der Waals surface area (Å²) >= 11 is 0. The number of rotatable bonds is 0. The van der Waals surface area contributed by atoms with Crippen LogP contribution >= 0.6 is 0 Å². The van der Waals surface area contributed by atoms with Crippen LogP contribution in [0, 0.1) is 12.7 Å². The number of H-pyrrole nitrogens is 1. The zero-order valence-corrected chi connectivity index (χ0v) is 11.3. The Morgan fingerprint density at radius 3 is 3.11 bits per heavy atom. The first-order valence-electron chi connectivity index (χ1n) is 7.25. The third-order valence-electron chi connectivity index (χ3n) is 4.81. The van der Waals surface area contributed by atoms with E-state index in [-0.39, 0.29) is 5.82 Å². The number of nitrogens with zero attached hydrogens (tertiary/aromatic N) is 1. The Labute approximate surface area is 112 Å². The fraction of sp³-hybridized carbons (Fsp3) is 0.500. The zero-order chi connectivity index (χ0) is 13.0. The van der Waals surface area contributed by atoms with Crippen molar-refractivity contribution in [1.29, 1.82) is 0 Å². The van der Waals surface area contributed by atoms with Crippen LogP contribution in [0.1, 0.15) is 35.6 Å². The summed E-state index contributed by atoms with van der Waals surface area (Å²) in [4.78, 5) is 6.14. The molecule has 1 N–H and O–H groups in total. The number of fused-ring (bicyclic) bond motifs is 6. The molecule has 0 radical (unpaired) electrons. The second-order valence-electron chi connectivity index (χ2n) is 6.05. The van der Waals surface area contributed by atoms with Gasteiger partial charge in [0, 0.05) is 35.6 Å². The van der Waals surface area contributed by atoms with E-state index in [1.54, 1.807) is 6.07 Å². The molecule has 19 heavy (non-hydrogen) atoms. The quantitative estimate of drug-likeness (QED) is 0.767. The summed E-state index contributed by atoms with van der Waals surface area (Å²) in [6.45, 7) is 5.35. The number of aromatic amines is 1. The molecule has 2 unspecified atom stereocenters. The molecule has 2 atom stereocenters. The Bertz CT molecular complexity index is 644. The van der Waals surface area contributed by atoms with Crippen LogP contribution in [-0.2, 0) is 6.42 Å². The maximum atomic E-state index is 13.8. The van der Waals surface area contributed by atoms with Crippen LogP contribution < -0.4 is 0 Å². The minimum absolute atomic E-state index is 0.0816. The summed E-state index contributed by atoms with van der Waals surface area (Å²) in [5.74, 6) is 0.531. The summed E-state index contributed by atoms with van der Waals surface area (Å²) in [5, 5.41) is 1.10. The fourth-order valence-electron chi connectivity index (χ4n) is 3.78. The number of piperidine rings is 1. The van der Waals surface area contributed by atoms with Gasteiger partial charge in [-0.3, -0.25) is 0 Å². The molecule has 2 nitrogen and oxygen atoms in total. The van der Waals surface area contributed by atoms with E-state index in [0.29, 0.717) is 5.92 Å². The van der Waals surface area contributed by atoms with Crippen LogP contribution in [0.2, 0.25) is 0 Å². The average Bonchev–Trinajstić information content (AvgIpc) is 2.69. The van der Waals surface area contributed by atoms with Crippen molar-refractivity contribution in [2.24, 2.45) is 0 Å². The summed E-state index contributed by atoms with van der Waals surface area (Å²) < 4.78 is 13.8. The van der Waals surface area contributed by atoms with Crippen LogP contribution in [0.4, 0.5) is 4.39 Å². The first kappa shape index (κ1) is 11.5. The molecule has 0 amide bonds. The van der Waals surface area contributed by atoms with Gasteiger partial charge in [0.2, 0.25) is 0 Å². The summed E-state index contributed by atoms with van der Waals surface area (Å²) in [6.07, 6.45) is 3.60.